The molecule has 116 valence electrons. The van der Waals surface area contributed by atoms with Crippen molar-refractivity contribution < 1.29 is 9.18 Å². The maximum Gasteiger partial charge on any atom is 0.255 e. The van der Waals surface area contributed by atoms with Gasteiger partial charge in [0, 0.05) is 37.5 Å². The van der Waals surface area contributed by atoms with Crippen LogP contribution in [0.4, 0.5) is 10.1 Å². The molecule has 1 aliphatic heterocycles. The zero-order chi connectivity index (χ0) is 16.6. The van der Waals surface area contributed by atoms with E-state index < -0.39 is 6.04 Å². The van der Waals surface area contributed by atoms with Crippen LogP contribution in [0.3, 0.4) is 0 Å². The topological polar surface area (TPSA) is 47.3 Å². The van der Waals surface area contributed by atoms with E-state index in [4.69, 9.17) is 0 Å². The van der Waals surface area contributed by atoms with E-state index in [1.54, 1.807) is 18.2 Å². The molecule has 0 saturated heterocycles. The summed E-state index contributed by atoms with van der Waals surface area (Å²) in [5, 5.41) is 9.54. The summed E-state index contributed by atoms with van der Waals surface area (Å²) >= 11 is 0. The molecule has 23 heavy (non-hydrogen) atoms. The number of rotatable bonds is 3. The van der Waals surface area contributed by atoms with Crippen molar-refractivity contribution in [2.45, 2.75) is 12.6 Å². The molecule has 1 atom stereocenters. The van der Waals surface area contributed by atoms with Gasteiger partial charge in [-0.3, -0.25) is 4.79 Å². The Bertz CT molecular complexity index is 793. The molecule has 1 aliphatic rings. The standard InChI is InChI=1S/C18H16FN3O/c1-21(2)14-7-8-15-16(9-14)17(10-20)22(18(15)23)11-12-3-5-13(19)6-4-12/h3-9,17H,11H2,1-2H3. The summed E-state index contributed by atoms with van der Waals surface area (Å²) in [6, 6.07) is 13.1. The van der Waals surface area contributed by atoms with Crippen LogP contribution >= 0.6 is 0 Å². The van der Waals surface area contributed by atoms with Gasteiger partial charge < -0.3 is 9.80 Å². The number of halogens is 1. The summed E-state index contributed by atoms with van der Waals surface area (Å²) in [6.45, 7) is 0.281. The van der Waals surface area contributed by atoms with Crippen LogP contribution < -0.4 is 4.90 Å². The second-order valence-corrected chi connectivity index (χ2v) is 5.76. The number of fused-ring (bicyclic) bond motifs is 1. The summed E-state index contributed by atoms with van der Waals surface area (Å²) in [6.07, 6.45) is 0. The number of carbonyl (C=O) groups excluding carboxylic acids is 1. The molecule has 0 N–H and O–H groups in total. The highest BCUT2D eigenvalue weighted by atomic mass is 19.1. The lowest BCUT2D eigenvalue weighted by Crippen LogP contribution is -2.26. The predicted octanol–water partition coefficient (Wildman–Crippen LogP) is 3.11. The van der Waals surface area contributed by atoms with Crippen molar-refractivity contribution in [1.82, 2.24) is 4.90 Å². The molecule has 0 spiro atoms. The number of amides is 1. The number of carbonyl (C=O) groups is 1. The van der Waals surface area contributed by atoms with E-state index in [0.717, 1.165) is 16.8 Å². The number of hydrogen-bond donors (Lipinski definition) is 0. The summed E-state index contributed by atoms with van der Waals surface area (Å²) in [5.41, 5.74) is 3.02. The van der Waals surface area contributed by atoms with Gasteiger partial charge in [-0.2, -0.15) is 5.26 Å². The van der Waals surface area contributed by atoms with Gasteiger partial charge in [-0.05, 0) is 35.9 Å². The van der Waals surface area contributed by atoms with Crippen LogP contribution in [-0.2, 0) is 6.54 Å². The second kappa shape index (κ2) is 5.73. The average molecular weight is 309 g/mol. The van der Waals surface area contributed by atoms with E-state index in [9.17, 15) is 14.4 Å². The van der Waals surface area contributed by atoms with Gasteiger partial charge in [-0.1, -0.05) is 12.1 Å². The van der Waals surface area contributed by atoms with Gasteiger partial charge in [0.1, 0.15) is 11.9 Å². The minimum atomic E-state index is -0.623. The molecule has 4 nitrogen and oxygen atoms in total. The van der Waals surface area contributed by atoms with Crippen LogP contribution in [0, 0.1) is 17.1 Å². The maximum absolute atomic E-state index is 13.0. The lowest BCUT2D eigenvalue weighted by molar-refractivity contribution is 0.0744. The van der Waals surface area contributed by atoms with E-state index >= 15 is 0 Å². The Morgan fingerprint density at radius 2 is 1.91 bits per heavy atom. The minimum Gasteiger partial charge on any atom is -0.378 e. The van der Waals surface area contributed by atoms with E-state index in [1.807, 2.05) is 31.1 Å². The van der Waals surface area contributed by atoms with Crippen molar-refractivity contribution in [2.75, 3.05) is 19.0 Å². The van der Waals surface area contributed by atoms with E-state index in [1.165, 1.54) is 17.0 Å². The van der Waals surface area contributed by atoms with Crippen molar-refractivity contribution in [1.29, 1.82) is 5.26 Å². The third-order valence-electron chi connectivity index (χ3n) is 4.04. The molecule has 2 aromatic rings. The van der Waals surface area contributed by atoms with Gasteiger partial charge in [0.15, 0.2) is 0 Å². The van der Waals surface area contributed by atoms with Gasteiger partial charge >= 0.3 is 0 Å². The molecule has 5 heteroatoms. The van der Waals surface area contributed by atoms with Crippen LogP contribution in [0.5, 0.6) is 0 Å². The van der Waals surface area contributed by atoms with Gasteiger partial charge in [0.05, 0.1) is 6.07 Å². The number of anilines is 1. The fourth-order valence-corrected chi connectivity index (χ4v) is 2.78. The Labute approximate surface area is 134 Å². The van der Waals surface area contributed by atoms with Crippen molar-refractivity contribution in [3.8, 4) is 6.07 Å². The fraction of sp³-hybridized carbons (Fsp3) is 0.222. The van der Waals surface area contributed by atoms with Crippen molar-refractivity contribution in [3.63, 3.8) is 0 Å². The number of nitrogens with zero attached hydrogens (tertiary/aromatic N) is 3. The monoisotopic (exact) mass is 309 g/mol. The normalized spacial score (nSPS) is 16.2. The number of hydrogen-bond acceptors (Lipinski definition) is 3. The van der Waals surface area contributed by atoms with E-state index in [0.29, 0.717) is 5.56 Å². The third kappa shape index (κ3) is 2.64. The molecule has 1 amide bonds. The molecule has 0 radical (unpaired) electrons. The summed E-state index contributed by atoms with van der Waals surface area (Å²) in [7, 11) is 3.83. The highest BCUT2D eigenvalue weighted by Gasteiger charge is 2.37. The van der Waals surface area contributed by atoms with Crippen molar-refractivity contribution in [2.24, 2.45) is 0 Å². The first-order valence-electron chi connectivity index (χ1n) is 7.27. The highest BCUT2D eigenvalue weighted by Crippen LogP contribution is 2.36. The molecule has 0 bridgehead atoms. The Morgan fingerprint density at radius 3 is 2.52 bits per heavy atom. The number of benzene rings is 2. The molecular weight excluding hydrogens is 293 g/mol. The van der Waals surface area contributed by atoms with Crippen LogP contribution in [0.1, 0.15) is 27.5 Å². The van der Waals surface area contributed by atoms with Gasteiger partial charge in [0.25, 0.3) is 5.91 Å². The molecular formula is C18H16FN3O. The molecule has 3 rings (SSSR count). The summed E-state index contributed by atoms with van der Waals surface area (Å²) in [4.78, 5) is 16.1. The van der Waals surface area contributed by atoms with Crippen LogP contribution in [0.25, 0.3) is 0 Å². The first-order valence-corrected chi connectivity index (χ1v) is 7.27. The van der Waals surface area contributed by atoms with Gasteiger partial charge in [0.2, 0.25) is 0 Å². The molecule has 0 saturated carbocycles. The molecule has 0 aliphatic carbocycles. The zero-order valence-electron chi connectivity index (χ0n) is 13.0. The smallest absolute Gasteiger partial charge is 0.255 e. The van der Waals surface area contributed by atoms with Crippen molar-refractivity contribution in [3.05, 3.63) is 65.0 Å². The first-order chi connectivity index (χ1) is 11.0. The minimum absolute atomic E-state index is 0.166. The molecule has 1 heterocycles. The molecule has 2 aromatic carbocycles. The second-order valence-electron chi connectivity index (χ2n) is 5.76. The quantitative estimate of drug-likeness (QED) is 0.875. The Balaban J connectivity index is 1.95. The largest absolute Gasteiger partial charge is 0.378 e. The third-order valence-corrected chi connectivity index (χ3v) is 4.04. The van der Waals surface area contributed by atoms with Gasteiger partial charge in [-0.25, -0.2) is 4.39 Å². The zero-order valence-corrected chi connectivity index (χ0v) is 13.0. The lowest BCUT2D eigenvalue weighted by Gasteiger charge is -2.20. The summed E-state index contributed by atoms with van der Waals surface area (Å²) in [5.74, 6) is -0.488. The average Bonchev–Trinajstić information content (AvgIpc) is 2.81. The van der Waals surface area contributed by atoms with Crippen LogP contribution in [-0.4, -0.2) is 24.9 Å². The summed E-state index contributed by atoms with van der Waals surface area (Å²) < 4.78 is 13.0. The number of nitriles is 1. The first kappa shape index (κ1) is 15.0. The van der Waals surface area contributed by atoms with E-state index in [2.05, 4.69) is 6.07 Å². The predicted molar refractivity (Wildman–Crippen MR) is 85.4 cm³/mol. The SMILES string of the molecule is CN(C)c1ccc2c(c1)C(C#N)N(Cc1ccc(F)cc1)C2=O. The van der Waals surface area contributed by atoms with Crippen LogP contribution in [0.15, 0.2) is 42.5 Å². The molecule has 1 unspecified atom stereocenters. The Kier molecular flexibility index (Phi) is 3.75. The molecule has 0 aromatic heterocycles. The van der Waals surface area contributed by atoms with Crippen molar-refractivity contribution >= 4 is 11.6 Å². The van der Waals surface area contributed by atoms with Crippen LogP contribution in [0.2, 0.25) is 0 Å². The Hall–Kier alpha value is -2.87. The van der Waals surface area contributed by atoms with E-state index in [-0.39, 0.29) is 18.3 Å². The lowest BCUT2D eigenvalue weighted by atomic mass is 10.0. The Morgan fingerprint density at radius 1 is 1.22 bits per heavy atom. The van der Waals surface area contributed by atoms with Gasteiger partial charge in [-0.15, -0.1) is 0 Å². The highest BCUT2D eigenvalue weighted by molar-refractivity contribution is 6.00. The fourth-order valence-electron chi connectivity index (χ4n) is 2.78. The maximum atomic E-state index is 13.0. The molecule has 0 fully saturated rings.